The molecule has 2 aromatic heterocycles. The molecule has 2 aromatic carbocycles. The topological polar surface area (TPSA) is 105 Å². The molecule has 0 aliphatic carbocycles. The van der Waals surface area contributed by atoms with Crippen molar-refractivity contribution in [2.24, 2.45) is 0 Å². The first-order valence-electron chi connectivity index (χ1n) is 10.2. The van der Waals surface area contributed by atoms with Gasteiger partial charge in [-0.15, -0.1) is 10.2 Å². The molecular weight excluding hydrogens is 468 g/mol. The molecular formula is C23H16ClF2N5O3. The maximum Gasteiger partial charge on any atom is 0.314 e. The van der Waals surface area contributed by atoms with Crippen LogP contribution in [0.25, 0.3) is 11.5 Å². The van der Waals surface area contributed by atoms with E-state index in [1.807, 2.05) is 0 Å². The fraction of sp³-hybridized carbons (Fsp3) is 0.174. The van der Waals surface area contributed by atoms with Crippen molar-refractivity contribution in [3.8, 4) is 11.5 Å². The molecule has 2 atom stereocenters. The van der Waals surface area contributed by atoms with Gasteiger partial charge in [0.1, 0.15) is 12.1 Å². The summed E-state index contributed by atoms with van der Waals surface area (Å²) in [5, 5.41) is 18.7. The third-order valence-corrected chi connectivity index (χ3v) is 5.73. The smallest absolute Gasteiger partial charge is 0.314 e. The van der Waals surface area contributed by atoms with E-state index >= 15 is 0 Å². The van der Waals surface area contributed by atoms with Gasteiger partial charge in [0.2, 0.25) is 5.89 Å². The number of rotatable bonds is 6. The van der Waals surface area contributed by atoms with Crippen molar-refractivity contribution in [1.82, 2.24) is 25.1 Å². The predicted molar refractivity (Wildman–Crippen MR) is 116 cm³/mol. The van der Waals surface area contributed by atoms with Gasteiger partial charge in [-0.05, 0) is 41.5 Å². The Hall–Kier alpha value is -3.76. The largest absolute Gasteiger partial charge is 0.415 e. The van der Waals surface area contributed by atoms with Crippen LogP contribution in [0.5, 0.6) is 0 Å². The van der Waals surface area contributed by atoms with Crippen LogP contribution in [0.2, 0.25) is 5.02 Å². The van der Waals surface area contributed by atoms with Gasteiger partial charge in [0.05, 0.1) is 0 Å². The minimum Gasteiger partial charge on any atom is -0.415 e. The highest BCUT2D eigenvalue weighted by atomic mass is 35.5. The quantitative estimate of drug-likeness (QED) is 0.429. The van der Waals surface area contributed by atoms with Gasteiger partial charge in [0.15, 0.2) is 5.82 Å². The van der Waals surface area contributed by atoms with Gasteiger partial charge in [-0.3, -0.25) is 4.79 Å². The predicted octanol–water partition coefficient (Wildman–Crippen LogP) is 4.55. The lowest BCUT2D eigenvalue weighted by molar-refractivity contribution is 0.0332. The zero-order valence-electron chi connectivity index (χ0n) is 17.3. The number of carbonyl (C=O) groups excluding carboxylic acids is 1. The Morgan fingerprint density at radius 1 is 1.06 bits per heavy atom. The molecule has 0 saturated carbocycles. The van der Waals surface area contributed by atoms with Gasteiger partial charge >= 0.3 is 6.43 Å². The number of aliphatic hydroxyl groups is 1. The number of hydrogen-bond donors (Lipinski definition) is 1. The van der Waals surface area contributed by atoms with Crippen LogP contribution in [0, 0.1) is 0 Å². The molecule has 3 heterocycles. The molecule has 0 bridgehead atoms. The van der Waals surface area contributed by atoms with Crippen LogP contribution in [-0.4, -0.2) is 36.1 Å². The van der Waals surface area contributed by atoms with Crippen molar-refractivity contribution in [1.29, 1.82) is 0 Å². The Morgan fingerprint density at radius 2 is 1.85 bits per heavy atom. The Kier molecular flexibility index (Phi) is 5.76. The second-order valence-electron chi connectivity index (χ2n) is 7.60. The van der Waals surface area contributed by atoms with E-state index in [9.17, 15) is 18.7 Å². The van der Waals surface area contributed by atoms with Crippen molar-refractivity contribution < 1.29 is 23.1 Å². The van der Waals surface area contributed by atoms with Crippen LogP contribution in [0.4, 0.5) is 8.78 Å². The fourth-order valence-electron chi connectivity index (χ4n) is 3.91. The summed E-state index contributed by atoms with van der Waals surface area (Å²) in [6.07, 6.45) is -1.000. The molecule has 11 heteroatoms. The average Bonchev–Trinajstić information content (AvgIpc) is 3.46. The molecule has 5 rings (SSSR count). The lowest BCUT2D eigenvalue weighted by Crippen LogP contribution is -2.34. The van der Waals surface area contributed by atoms with Crippen LogP contribution in [0.15, 0.2) is 65.3 Å². The van der Waals surface area contributed by atoms with E-state index in [4.69, 9.17) is 16.0 Å². The highest BCUT2D eigenvalue weighted by Gasteiger charge is 2.39. The second kappa shape index (κ2) is 8.88. The lowest BCUT2D eigenvalue weighted by Gasteiger charge is -2.30. The number of fused-ring (bicyclic) bond motifs is 1. The molecule has 1 amide bonds. The number of benzene rings is 2. The molecule has 1 N–H and O–H groups in total. The van der Waals surface area contributed by atoms with Gasteiger partial charge in [-0.1, -0.05) is 29.8 Å². The molecule has 8 nitrogen and oxygen atoms in total. The third-order valence-electron chi connectivity index (χ3n) is 5.49. The summed E-state index contributed by atoms with van der Waals surface area (Å²) in [4.78, 5) is 23.5. The Bertz CT molecular complexity index is 1350. The number of halogens is 3. The van der Waals surface area contributed by atoms with E-state index in [2.05, 4.69) is 20.2 Å². The van der Waals surface area contributed by atoms with Crippen LogP contribution >= 0.6 is 11.6 Å². The first kappa shape index (κ1) is 22.1. The van der Waals surface area contributed by atoms with Crippen molar-refractivity contribution >= 4 is 17.5 Å². The number of aliphatic hydroxyl groups excluding tert-OH is 1. The molecule has 0 fully saturated rings. The van der Waals surface area contributed by atoms with E-state index in [1.54, 1.807) is 42.5 Å². The average molecular weight is 484 g/mol. The standard InChI is InChI=1S/C23H16ClF2N5O3/c24-15-4-1-3-12(9-15)18(32)17(20-27-7-2-8-28-20)31-11-14-6-5-13(10-16(14)23(31)33)21-29-30-22(34-21)19(25)26/h1-10,17-19,32H,11H2. The van der Waals surface area contributed by atoms with Crippen molar-refractivity contribution in [3.63, 3.8) is 0 Å². The SMILES string of the molecule is O=C1c2cc(-c3nnc(C(F)F)o3)ccc2CN1C(c1ncccn1)C(O)c1cccc(Cl)c1. The maximum absolute atomic E-state index is 13.5. The van der Waals surface area contributed by atoms with Crippen LogP contribution < -0.4 is 0 Å². The zero-order chi connectivity index (χ0) is 23.8. The number of aromatic nitrogens is 4. The van der Waals surface area contributed by atoms with Gasteiger partial charge < -0.3 is 14.4 Å². The summed E-state index contributed by atoms with van der Waals surface area (Å²) in [6.45, 7) is 0.182. The Labute approximate surface area is 196 Å². The van der Waals surface area contributed by atoms with Gasteiger partial charge in [0.25, 0.3) is 11.8 Å². The van der Waals surface area contributed by atoms with Crippen LogP contribution in [0.1, 0.15) is 51.8 Å². The number of hydrogen-bond acceptors (Lipinski definition) is 7. The van der Waals surface area contributed by atoms with Crippen molar-refractivity contribution in [3.05, 3.63) is 94.4 Å². The molecule has 4 aromatic rings. The number of nitrogens with zero attached hydrogens (tertiary/aromatic N) is 5. The van der Waals surface area contributed by atoms with Crippen LogP contribution in [-0.2, 0) is 6.54 Å². The summed E-state index contributed by atoms with van der Waals surface area (Å²) in [5.74, 6) is -1.04. The Balaban J connectivity index is 1.51. The summed E-state index contributed by atoms with van der Waals surface area (Å²) in [6, 6.07) is 12.2. The maximum atomic E-state index is 13.5. The fourth-order valence-corrected chi connectivity index (χ4v) is 4.11. The summed E-state index contributed by atoms with van der Waals surface area (Å²) in [7, 11) is 0. The van der Waals surface area contributed by atoms with Crippen molar-refractivity contribution in [2.75, 3.05) is 0 Å². The summed E-state index contributed by atoms with van der Waals surface area (Å²) < 4.78 is 30.6. The molecule has 2 unspecified atom stereocenters. The van der Waals surface area contributed by atoms with Crippen LogP contribution in [0.3, 0.4) is 0 Å². The van der Waals surface area contributed by atoms with Gasteiger partial charge in [-0.2, -0.15) is 8.78 Å². The lowest BCUT2D eigenvalue weighted by atomic mass is 10.00. The van der Waals surface area contributed by atoms with Gasteiger partial charge in [0, 0.05) is 35.1 Å². The summed E-state index contributed by atoms with van der Waals surface area (Å²) >= 11 is 6.11. The first-order chi connectivity index (χ1) is 16.4. The first-order valence-corrected chi connectivity index (χ1v) is 10.6. The highest BCUT2D eigenvalue weighted by Crippen LogP contribution is 2.39. The third kappa shape index (κ3) is 4.02. The number of alkyl halides is 2. The molecule has 1 aliphatic heterocycles. The van der Waals surface area contributed by atoms with E-state index in [0.717, 1.165) is 0 Å². The molecule has 34 heavy (non-hydrogen) atoms. The molecule has 0 radical (unpaired) electrons. The number of carbonyl (C=O) groups is 1. The Morgan fingerprint density at radius 3 is 2.56 bits per heavy atom. The number of amides is 1. The van der Waals surface area contributed by atoms with Gasteiger partial charge in [-0.25, -0.2) is 9.97 Å². The molecule has 1 aliphatic rings. The van der Waals surface area contributed by atoms with E-state index < -0.39 is 24.5 Å². The zero-order valence-corrected chi connectivity index (χ0v) is 18.1. The molecule has 172 valence electrons. The second-order valence-corrected chi connectivity index (χ2v) is 8.04. The summed E-state index contributed by atoms with van der Waals surface area (Å²) in [5.41, 5.74) is 1.84. The minimum absolute atomic E-state index is 0.119. The molecule has 0 spiro atoms. The molecule has 0 saturated heterocycles. The normalized spacial score (nSPS) is 15.0. The van der Waals surface area contributed by atoms with Crippen molar-refractivity contribution in [2.45, 2.75) is 25.1 Å². The van der Waals surface area contributed by atoms with E-state index in [0.29, 0.717) is 27.3 Å². The minimum atomic E-state index is -2.90. The van der Waals surface area contributed by atoms with E-state index in [-0.39, 0.29) is 24.2 Å². The monoisotopic (exact) mass is 483 g/mol. The highest BCUT2D eigenvalue weighted by molar-refractivity contribution is 6.30. The van der Waals surface area contributed by atoms with E-state index in [1.165, 1.54) is 23.4 Å².